The highest BCUT2D eigenvalue weighted by molar-refractivity contribution is 5.84. The molecule has 0 spiro atoms. The summed E-state index contributed by atoms with van der Waals surface area (Å²) in [5, 5.41) is 23.7. The zero-order valence-electron chi connectivity index (χ0n) is 10.3. The molecule has 0 aliphatic carbocycles. The van der Waals surface area contributed by atoms with Gasteiger partial charge in [0.2, 0.25) is 11.8 Å². The van der Waals surface area contributed by atoms with Crippen LogP contribution in [0.1, 0.15) is 43.0 Å². The molecule has 0 saturated heterocycles. The summed E-state index contributed by atoms with van der Waals surface area (Å²) in [6, 6.07) is 0. The monoisotopic (exact) mass is 251 g/mol. The molecule has 0 bridgehead atoms. The van der Waals surface area contributed by atoms with Crippen LogP contribution < -0.4 is 0 Å². The van der Waals surface area contributed by atoms with E-state index in [9.17, 15) is 4.79 Å². The summed E-state index contributed by atoms with van der Waals surface area (Å²) < 4.78 is 6.80. The molecular formula is C10H13N5O3. The van der Waals surface area contributed by atoms with E-state index in [1.54, 1.807) is 0 Å². The van der Waals surface area contributed by atoms with E-state index in [1.807, 2.05) is 20.8 Å². The van der Waals surface area contributed by atoms with Gasteiger partial charge >= 0.3 is 5.97 Å². The Balaban J connectivity index is 2.14. The average molecular weight is 251 g/mol. The van der Waals surface area contributed by atoms with Crippen molar-refractivity contribution in [2.45, 2.75) is 32.7 Å². The van der Waals surface area contributed by atoms with Gasteiger partial charge in [-0.2, -0.15) is 0 Å². The van der Waals surface area contributed by atoms with E-state index >= 15 is 0 Å². The van der Waals surface area contributed by atoms with Crippen LogP contribution in [0.15, 0.2) is 10.6 Å². The molecular weight excluding hydrogens is 238 g/mol. The Morgan fingerprint density at radius 2 is 2.11 bits per heavy atom. The number of aromatic nitrogens is 5. The van der Waals surface area contributed by atoms with Crippen LogP contribution in [-0.2, 0) is 12.0 Å². The summed E-state index contributed by atoms with van der Waals surface area (Å²) in [7, 11) is 0. The highest BCUT2D eigenvalue weighted by Gasteiger charge is 2.21. The number of aromatic carboxylic acids is 1. The Morgan fingerprint density at radius 1 is 1.39 bits per heavy atom. The van der Waals surface area contributed by atoms with Gasteiger partial charge < -0.3 is 9.52 Å². The Bertz CT molecular complexity index is 566. The predicted molar refractivity (Wildman–Crippen MR) is 59.1 cm³/mol. The second-order valence-electron chi connectivity index (χ2n) is 4.86. The first-order valence-electron chi connectivity index (χ1n) is 5.32. The third-order valence-electron chi connectivity index (χ3n) is 2.16. The maximum absolute atomic E-state index is 10.6. The molecule has 0 amide bonds. The van der Waals surface area contributed by atoms with Gasteiger partial charge in [0, 0.05) is 5.41 Å². The van der Waals surface area contributed by atoms with Crippen LogP contribution in [0.4, 0.5) is 0 Å². The number of carboxylic acid groups (broad SMARTS) is 1. The maximum atomic E-state index is 10.6. The summed E-state index contributed by atoms with van der Waals surface area (Å²) in [4.78, 5) is 10.6. The minimum absolute atomic E-state index is 0.120. The van der Waals surface area contributed by atoms with E-state index < -0.39 is 5.97 Å². The van der Waals surface area contributed by atoms with Crippen molar-refractivity contribution in [3.63, 3.8) is 0 Å². The molecule has 2 aromatic heterocycles. The number of nitrogens with zero attached hydrogens (tertiary/aromatic N) is 5. The normalized spacial score (nSPS) is 11.7. The number of hydrogen-bond donors (Lipinski definition) is 1. The zero-order chi connectivity index (χ0) is 13.3. The predicted octanol–water partition coefficient (Wildman–Crippen LogP) is 0.705. The van der Waals surface area contributed by atoms with Crippen molar-refractivity contribution in [3.05, 3.63) is 23.7 Å². The van der Waals surface area contributed by atoms with E-state index in [4.69, 9.17) is 9.52 Å². The molecule has 8 heteroatoms. The molecule has 96 valence electrons. The van der Waals surface area contributed by atoms with Gasteiger partial charge in [-0.3, -0.25) is 0 Å². The Morgan fingerprint density at radius 3 is 2.61 bits per heavy atom. The van der Waals surface area contributed by atoms with E-state index in [0.29, 0.717) is 11.8 Å². The average Bonchev–Trinajstić information content (AvgIpc) is 2.85. The van der Waals surface area contributed by atoms with Crippen molar-refractivity contribution in [1.29, 1.82) is 0 Å². The van der Waals surface area contributed by atoms with Gasteiger partial charge in [0.05, 0.1) is 6.20 Å². The molecule has 0 unspecified atom stereocenters. The van der Waals surface area contributed by atoms with Crippen molar-refractivity contribution in [2.75, 3.05) is 0 Å². The van der Waals surface area contributed by atoms with Crippen molar-refractivity contribution in [3.8, 4) is 0 Å². The van der Waals surface area contributed by atoms with Crippen molar-refractivity contribution >= 4 is 5.97 Å². The molecule has 0 radical (unpaired) electrons. The quantitative estimate of drug-likeness (QED) is 0.855. The van der Waals surface area contributed by atoms with E-state index in [2.05, 4.69) is 20.5 Å². The van der Waals surface area contributed by atoms with Crippen LogP contribution >= 0.6 is 0 Å². The summed E-state index contributed by atoms with van der Waals surface area (Å²) in [5.74, 6) is -0.236. The highest BCUT2D eigenvalue weighted by Crippen LogP contribution is 2.20. The van der Waals surface area contributed by atoms with Gasteiger partial charge in [-0.05, 0) is 0 Å². The van der Waals surface area contributed by atoms with Crippen LogP contribution in [0.5, 0.6) is 0 Å². The lowest BCUT2D eigenvalue weighted by atomic mass is 9.97. The van der Waals surface area contributed by atoms with E-state index in [0.717, 1.165) is 0 Å². The van der Waals surface area contributed by atoms with Gasteiger partial charge in [-0.15, -0.1) is 15.3 Å². The molecule has 0 fully saturated rings. The van der Waals surface area contributed by atoms with Crippen molar-refractivity contribution < 1.29 is 14.3 Å². The number of carbonyl (C=O) groups is 1. The van der Waals surface area contributed by atoms with Crippen LogP contribution in [-0.4, -0.2) is 36.3 Å². The molecule has 0 atom stereocenters. The van der Waals surface area contributed by atoms with Gasteiger partial charge in [-0.25, -0.2) is 9.48 Å². The molecule has 2 heterocycles. The Kier molecular flexibility index (Phi) is 2.85. The van der Waals surface area contributed by atoms with Crippen LogP contribution in [0.25, 0.3) is 0 Å². The van der Waals surface area contributed by atoms with E-state index in [1.165, 1.54) is 10.9 Å². The SMILES string of the molecule is CC(C)(C)c1nnc(Cn2cc(C(=O)O)nn2)o1. The molecule has 0 aliphatic heterocycles. The number of carboxylic acids is 1. The minimum Gasteiger partial charge on any atom is -0.476 e. The fourth-order valence-corrected chi connectivity index (χ4v) is 1.23. The minimum atomic E-state index is -1.12. The first-order chi connectivity index (χ1) is 8.36. The smallest absolute Gasteiger partial charge is 0.358 e. The zero-order valence-corrected chi connectivity index (χ0v) is 10.3. The summed E-state index contributed by atoms with van der Waals surface area (Å²) in [6.45, 7) is 6.08. The van der Waals surface area contributed by atoms with Crippen LogP contribution in [0.3, 0.4) is 0 Å². The number of rotatable bonds is 3. The first-order valence-corrected chi connectivity index (χ1v) is 5.32. The largest absolute Gasteiger partial charge is 0.476 e. The number of hydrogen-bond acceptors (Lipinski definition) is 6. The van der Waals surface area contributed by atoms with E-state index in [-0.39, 0.29) is 17.7 Å². The highest BCUT2D eigenvalue weighted by atomic mass is 16.4. The fraction of sp³-hybridized carbons (Fsp3) is 0.500. The third-order valence-corrected chi connectivity index (χ3v) is 2.16. The maximum Gasteiger partial charge on any atom is 0.358 e. The van der Waals surface area contributed by atoms with Gasteiger partial charge in [-0.1, -0.05) is 26.0 Å². The third kappa shape index (κ3) is 2.53. The molecule has 8 nitrogen and oxygen atoms in total. The van der Waals surface area contributed by atoms with Crippen molar-refractivity contribution in [1.82, 2.24) is 25.2 Å². The lowest BCUT2D eigenvalue weighted by Crippen LogP contribution is -2.11. The van der Waals surface area contributed by atoms with Gasteiger partial charge in [0.15, 0.2) is 5.69 Å². The lowest BCUT2D eigenvalue weighted by Gasteiger charge is -2.10. The molecule has 1 N–H and O–H groups in total. The first kappa shape index (κ1) is 12.2. The second-order valence-corrected chi connectivity index (χ2v) is 4.86. The molecule has 2 aromatic rings. The fourth-order valence-electron chi connectivity index (χ4n) is 1.23. The Labute approximate surface area is 103 Å². The van der Waals surface area contributed by atoms with Crippen LogP contribution in [0.2, 0.25) is 0 Å². The summed E-state index contributed by atoms with van der Waals surface area (Å²) in [6.07, 6.45) is 1.31. The molecule has 18 heavy (non-hydrogen) atoms. The topological polar surface area (TPSA) is 107 Å². The molecule has 0 aliphatic rings. The Hall–Kier alpha value is -2.25. The summed E-state index contributed by atoms with van der Waals surface area (Å²) in [5.41, 5.74) is -0.342. The van der Waals surface area contributed by atoms with Gasteiger partial charge in [0.1, 0.15) is 6.54 Å². The van der Waals surface area contributed by atoms with Crippen molar-refractivity contribution in [2.24, 2.45) is 0 Å². The molecule has 0 aromatic carbocycles. The standard InChI is InChI=1S/C10H13N5O3/c1-10(2,3)9-13-12-7(18-9)5-15-4-6(8(16)17)11-14-15/h4H,5H2,1-3H3,(H,16,17). The lowest BCUT2D eigenvalue weighted by molar-refractivity contribution is 0.0690. The second kappa shape index (κ2) is 4.21. The summed E-state index contributed by atoms with van der Waals surface area (Å²) >= 11 is 0. The molecule has 0 saturated carbocycles. The van der Waals surface area contributed by atoms with Gasteiger partial charge in [0.25, 0.3) is 0 Å². The van der Waals surface area contributed by atoms with Crippen LogP contribution in [0, 0.1) is 0 Å². The molecule has 2 rings (SSSR count).